The second-order valence-corrected chi connectivity index (χ2v) is 9.51. The van der Waals surface area contributed by atoms with E-state index in [1.54, 1.807) is 30.3 Å². The van der Waals surface area contributed by atoms with Crippen LogP contribution in [0.25, 0.3) is 10.2 Å². The Balaban J connectivity index is 1.13. The van der Waals surface area contributed by atoms with Gasteiger partial charge in [-0.1, -0.05) is 39.6 Å². The SMILES string of the molecule is O=C(Nc1nc2cc(Cl)ccc2s1)C1CCN(c2nnc(COc3ccc(Cl)cc3)o2)CC1. The molecule has 5 rings (SSSR count). The fourth-order valence-corrected chi connectivity index (χ4v) is 4.74. The first-order valence-corrected chi connectivity index (χ1v) is 11.9. The molecule has 0 atom stereocenters. The Bertz CT molecular complexity index is 1270. The number of nitrogens with zero attached hydrogens (tertiary/aromatic N) is 4. The van der Waals surface area contributed by atoms with Gasteiger partial charge in [0.05, 0.1) is 10.2 Å². The third kappa shape index (κ3) is 5.21. The van der Waals surface area contributed by atoms with Crippen LogP contribution >= 0.6 is 34.5 Å². The topological polar surface area (TPSA) is 93.4 Å². The van der Waals surface area contributed by atoms with E-state index in [2.05, 4.69) is 20.5 Å². The largest absolute Gasteiger partial charge is 0.484 e. The third-order valence-electron chi connectivity index (χ3n) is 5.35. The lowest BCUT2D eigenvalue weighted by Gasteiger charge is -2.29. The Hall–Kier alpha value is -2.88. The molecule has 0 unspecified atom stereocenters. The van der Waals surface area contributed by atoms with Gasteiger partial charge >= 0.3 is 6.01 Å². The van der Waals surface area contributed by atoms with E-state index < -0.39 is 0 Å². The fraction of sp³-hybridized carbons (Fsp3) is 0.273. The van der Waals surface area contributed by atoms with Crippen molar-refractivity contribution in [3.8, 4) is 5.75 Å². The summed E-state index contributed by atoms with van der Waals surface area (Å²) >= 11 is 13.3. The van der Waals surface area contributed by atoms with Gasteiger partial charge in [-0.3, -0.25) is 4.79 Å². The van der Waals surface area contributed by atoms with E-state index in [0.29, 0.717) is 58.8 Å². The number of anilines is 2. The minimum atomic E-state index is -0.104. The van der Waals surface area contributed by atoms with Crippen molar-refractivity contribution in [2.45, 2.75) is 19.4 Å². The number of ether oxygens (including phenoxy) is 1. The van der Waals surface area contributed by atoms with Crippen LogP contribution in [0.2, 0.25) is 10.0 Å². The second-order valence-electron chi connectivity index (χ2n) is 7.60. The minimum absolute atomic E-state index is 0.0256. The number of benzene rings is 2. The predicted octanol–water partition coefficient (Wildman–Crippen LogP) is 5.42. The van der Waals surface area contributed by atoms with E-state index in [1.807, 2.05) is 17.0 Å². The molecule has 11 heteroatoms. The normalized spacial score (nSPS) is 14.5. The molecule has 170 valence electrons. The van der Waals surface area contributed by atoms with Gasteiger partial charge in [0.25, 0.3) is 5.89 Å². The Kier molecular flexibility index (Phi) is 6.34. The molecule has 2 aromatic heterocycles. The second kappa shape index (κ2) is 9.54. The Morgan fingerprint density at radius 3 is 2.67 bits per heavy atom. The molecule has 1 fully saturated rings. The van der Waals surface area contributed by atoms with Crippen LogP contribution < -0.4 is 15.0 Å². The van der Waals surface area contributed by atoms with Crippen molar-refractivity contribution in [1.82, 2.24) is 15.2 Å². The van der Waals surface area contributed by atoms with Gasteiger partial charge in [-0.15, -0.1) is 5.10 Å². The number of aromatic nitrogens is 3. The summed E-state index contributed by atoms with van der Waals surface area (Å²) in [6, 6.07) is 13.0. The van der Waals surface area contributed by atoms with Crippen molar-refractivity contribution < 1.29 is 13.9 Å². The molecule has 1 aliphatic heterocycles. The summed E-state index contributed by atoms with van der Waals surface area (Å²) in [5.41, 5.74) is 0.782. The van der Waals surface area contributed by atoms with Crippen LogP contribution in [-0.2, 0) is 11.4 Å². The van der Waals surface area contributed by atoms with E-state index in [-0.39, 0.29) is 18.4 Å². The number of carbonyl (C=O) groups is 1. The van der Waals surface area contributed by atoms with Gasteiger partial charge in [0.2, 0.25) is 5.91 Å². The molecule has 3 heterocycles. The average molecular weight is 504 g/mol. The van der Waals surface area contributed by atoms with Gasteiger partial charge in [-0.2, -0.15) is 0 Å². The molecule has 1 saturated heterocycles. The molecule has 2 aromatic carbocycles. The van der Waals surface area contributed by atoms with Crippen molar-refractivity contribution in [2.75, 3.05) is 23.3 Å². The molecular formula is C22H19Cl2N5O3S. The number of halogens is 2. The summed E-state index contributed by atoms with van der Waals surface area (Å²) in [6.45, 7) is 1.46. The highest BCUT2D eigenvalue weighted by atomic mass is 35.5. The third-order valence-corrected chi connectivity index (χ3v) is 6.79. The zero-order valence-corrected chi connectivity index (χ0v) is 19.7. The summed E-state index contributed by atoms with van der Waals surface area (Å²) in [4.78, 5) is 19.2. The lowest BCUT2D eigenvalue weighted by Crippen LogP contribution is -2.38. The van der Waals surface area contributed by atoms with Gasteiger partial charge in [-0.25, -0.2) is 4.98 Å². The zero-order valence-electron chi connectivity index (χ0n) is 17.3. The number of hydrogen-bond acceptors (Lipinski definition) is 8. The smallest absolute Gasteiger partial charge is 0.318 e. The van der Waals surface area contributed by atoms with Crippen LogP contribution in [0.15, 0.2) is 46.9 Å². The van der Waals surface area contributed by atoms with Gasteiger partial charge in [0.15, 0.2) is 11.7 Å². The standard InChI is InChI=1S/C22H19Cl2N5O3S/c23-14-1-4-16(5-2-14)31-12-19-27-28-22(32-19)29-9-7-13(8-10-29)20(30)26-21-25-17-11-15(24)3-6-18(17)33-21/h1-6,11,13H,7-10,12H2,(H,25,26,30). The summed E-state index contributed by atoms with van der Waals surface area (Å²) in [5.74, 6) is 0.924. The quantitative estimate of drug-likeness (QED) is 0.375. The number of hydrogen-bond donors (Lipinski definition) is 1. The van der Waals surface area contributed by atoms with Crippen LogP contribution in [-0.4, -0.2) is 34.2 Å². The number of carbonyl (C=O) groups excluding carboxylic acids is 1. The van der Waals surface area contributed by atoms with Crippen molar-refractivity contribution in [2.24, 2.45) is 5.92 Å². The van der Waals surface area contributed by atoms with E-state index in [0.717, 1.165) is 10.2 Å². The molecular weight excluding hydrogens is 485 g/mol. The van der Waals surface area contributed by atoms with Crippen molar-refractivity contribution in [1.29, 1.82) is 0 Å². The maximum atomic E-state index is 12.7. The lowest BCUT2D eigenvalue weighted by atomic mass is 9.96. The number of fused-ring (bicyclic) bond motifs is 1. The molecule has 0 bridgehead atoms. The number of rotatable bonds is 6. The molecule has 8 nitrogen and oxygen atoms in total. The Labute approximate surface area is 203 Å². The van der Waals surface area contributed by atoms with Crippen LogP contribution in [0, 0.1) is 5.92 Å². The van der Waals surface area contributed by atoms with Crippen LogP contribution in [0.4, 0.5) is 11.1 Å². The number of amides is 1. The highest BCUT2D eigenvalue weighted by Gasteiger charge is 2.28. The van der Waals surface area contributed by atoms with Crippen LogP contribution in [0.3, 0.4) is 0 Å². The van der Waals surface area contributed by atoms with E-state index in [9.17, 15) is 4.79 Å². The molecule has 0 radical (unpaired) electrons. The molecule has 1 N–H and O–H groups in total. The summed E-state index contributed by atoms with van der Waals surface area (Å²) in [5, 5.41) is 13.0. The lowest BCUT2D eigenvalue weighted by molar-refractivity contribution is -0.120. The van der Waals surface area contributed by atoms with Crippen molar-refractivity contribution >= 4 is 61.8 Å². The predicted molar refractivity (Wildman–Crippen MR) is 128 cm³/mol. The maximum absolute atomic E-state index is 12.7. The molecule has 0 aliphatic carbocycles. The number of thiazole rings is 1. The summed E-state index contributed by atoms with van der Waals surface area (Å²) in [7, 11) is 0. The molecule has 1 amide bonds. The Morgan fingerprint density at radius 2 is 1.88 bits per heavy atom. The highest BCUT2D eigenvalue weighted by molar-refractivity contribution is 7.22. The van der Waals surface area contributed by atoms with Crippen molar-refractivity contribution in [3.05, 3.63) is 58.4 Å². The van der Waals surface area contributed by atoms with E-state index in [4.69, 9.17) is 32.4 Å². The number of nitrogens with one attached hydrogen (secondary N) is 1. The molecule has 1 aliphatic rings. The minimum Gasteiger partial charge on any atom is -0.484 e. The Morgan fingerprint density at radius 1 is 1.12 bits per heavy atom. The molecule has 33 heavy (non-hydrogen) atoms. The molecule has 0 saturated carbocycles. The molecule has 4 aromatic rings. The number of piperidine rings is 1. The van der Waals surface area contributed by atoms with Gasteiger partial charge in [0.1, 0.15) is 5.75 Å². The first-order chi connectivity index (χ1) is 16.0. The average Bonchev–Trinajstić information content (AvgIpc) is 3.45. The van der Waals surface area contributed by atoms with Crippen LogP contribution in [0.5, 0.6) is 5.75 Å². The van der Waals surface area contributed by atoms with Crippen LogP contribution in [0.1, 0.15) is 18.7 Å². The fourth-order valence-electron chi connectivity index (χ4n) is 3.60. The maximum Gasteiger partial charge on any atom is 0.318 e. The van der Waals surface area contributed by atoms with Gasteiger partial charge in [0, 0.05) is 29.1 Å². The first-order valence-electron chi connectivity index (χ1n) is 10.4. The first kappa shape index (κ1) is 21.9. The summed E-state index contributed by atoms with van der Waals surface area (Å²) in [6.07, 6.45) is 1.36. The molecule has 0 spiro atoms. The van der Waals surface area contributed by atoms with Gasteiger partial charge in [-0.05, 0) is 55.3 Å². The monoisotopic (exact) mass is 503 g/mol. The summed E-state index contributed by atoms with van der Waals surface area (Å²) < 4.78 is 12.4. The van der Waals surface area contributed by atoms with Crippen molar-refractivity contribution in [3.63, 3.8) is 0 Å². The van der Waals surface area contributed by atoms with E-state index >= 15 is 0 Å². The zero-order chi connectivity index (χ0) is 22.8. The van der Waals surface area contributed by atoms with E-state index in [1.165, 1.54) is 11.3 Å². The van der Waals surface area contributed by atoms with Gasteiger partial charge < -0.3 is 19.4 Å². The highest BCUT2D eigenvalue weighted by Crippen LogP contribution is 2.29.